The first-order valence-corrected chi connectivity index (χ1v) is 7.88. The van der Waals surface area contributed by atoms with Crippen LogP contribution in [0.4, 0.5) is 0 Å². The molecular weight excluding hydrogens is 512 g/mol. The number of fused-ring (bicyclic) bond motifs is 1. The topological polar surface area (TPSA) is 12.5 Å². The zero-order chi connectivity index (χ0) is 10.7. The van der Waals surface area contributed by atoms with Crippen LogP contribution >= 0.6 is 79.6 Å². The lowest BCUT2D eigenvalue weighted by atomic mass is 10.0. The summed E-state index contributed by atoms with van der Waals surface area (Å²) in [6.45, 7) is 2.11. The Morgan fingerprint density at radius 1 is 1.07 bits per heavy atom. The molecule has 1 saturated heterocycles. The van der Waals surface area contributed by atoms with Gasteiger partial charge in [-0.2, -0.15) is 0 Å². The smallest absolute Gasteiger partial charge is 0.200 e. The number of halogens is 5. The van der Waals surface area contributed by atoms with Gasteiger partial charge in [-0.15, -0.1) is 0 Å². The van der Waals surface area contributed by atoms with E-state index in [1.807, 2.05) is 0 Å². The molecule has 1 aliphatic heterocycles. The van der Waals surface area contributed by atoms with Gasteiger partial charge in [0.2, 0.25) is 4.51 Å². The van der Waals surface area contributed by atoms with Crippen LogP contribution in [0.25, 0.3) is 0 Å². The molecule has 0 spiro atoms. The summed E-state index contributed by atoms with van der Waals surface area (Å²) in [4.78, 5) is 0. The van der Waals surface area contributed by atoms with Gasteiger partial charge in [-0.05, 0) is 75.7 Å². The molecule has 0 aromatic carbocycles. The quantitative estimate of drug-likeness (QED) is 0.342. The van der Waals surface area contributed by atoms with Crippen molar-refractivity contribution < 1.29 is 4.74 Å². The summed E-state index contributed by atoms with van der Waals surface area (Å²) < 4.78 is 7.89. The van der Waals surface area contributed by atoms with Gasteiger partial charge < -0.3 is 4.74 Å². The summed E-state index contributed by atoms with van der Waals surface area (Å²) >= 11 is 17.8. The molecule has 2 atom stereocenters. The van der Waals surface area contributed by atoms with Crippen LogP contribution in [0.5, 0.6) is 0 Å². The molecule has 14 heavy (non-hydrogen) atoms. The number of rotatable bonds is 1. The van der Waals surface area contributed by atoms with Crippen LogP contribution in [0.15, 0.2) is 19.0 Å². The molecule has 2 unspecified atom stereocenters. The van der Waals surface area contributed by atoms with E-state index in [0.29, 0.717) is 0 Å². The Morgan fingerprint density at radius 3 is 2.14 bits per heavy atom. The fraction of sp³-hybridized carbons (Fsp3) is 0.500. The minimum absolute atomic E-state index is 0.399. The molecule has 6 heteroatoms. The lowest BCUT2D eigenvalue weighted by Crippen LogP contribution is -2.21. The number of hydrogen-bond acceptors (Lipinski definition) is 1. The van der Waals surface area contributed by atoms with E-state index in [-0.39, 0.29) is 0 Å². The monoisotopic (exact) mass is 512 g/mol. The summed E-state index contributed by atoms with van der Waals surface area (Å²) in [5.41, 5.74) is 1.20. The summed E-state index contributed by atoms with van der Waals surface area (Å²) in [6.07, 6.45) is 0.925. The molecule has 1 aliphatic carbocycles. The van der Waals surface area contributed by atoms with E-state index in [9.17, 15) is 0 Å². The maximum atomic E-state index is 5.72. The second kappa shape index (κ2) is 3.67. The first-order valence-electron chi connectivity index (χ1n) is 3.91. The van der Waals surface area contributed by atoms with Gasteiger partial charge in [0.25, 0.3) is 0 Å². The Kier molecular flexibility index (Phi) is 3.22. The molecule has 0 N–H and O–H groups in total. The Bertz CT molecular complexity index is 374. The zero-order valence-electron chi connectivity index (χ0n) is 7.01. The molecule has 1 nitrogen and oxygen atoms in total. The van der Waals surface area contributed by atoms with Crippen molar-refractivity contribution in [3.8, 4) is 0 Å². The molecule has 0 amide bonds. The van der Waals surface area contributed by atoms with Gasteiger partial charge in [0.1, 0.15) is 0 Å². The Labute approximate surface area is 124 Å². The van der Waals surface area contributed by atoms with E-state index < -0.39 is 9.02 Å². The first kappa shape index (κ1) is 12.3. The average molecular weight is 517 g/mol. The largest absolute Gasteiger partial charge is 0.328 e. The van der Waals surface area contributed by atoms with Crippen molar-refractivity contribution in [1.82, 2.24) is 0 Å². The maximum absolute atomic E-state index is 5.72. The standard InChI is InChI=1S/C8H5Br5O/c1-2-3-4(9)5(10)6(11)8(13)7(3,12)14-8/h2H2,1H3. The second-order valence-electron chi connectivity index (χ2n) is 3.07. The molecule has 0 saturated carbocycles. The van der Waals surface area contributed by atoms with Gasteiger partial charge in [-0.25, -0.2) is 0 Å². The highest BCUT2D eigenvalue weighted by molar-refractivity contribution is 9.17. The van der Waals surface area contributed by atoms with Crippen LogP contribution in [0.1, 0.15) is 13.3 Å². The molecule has 0 aromatic heterocycles. The van der Waals surface area contributed by atoms with E-state index in [1.54, 1.807) is 0 Å². The Morgan fingerprint density at radius 2 is 1.64 bits per heavy atom. The van der Waals surface area contributed by atoms with Crippen LogP contribution in [0, 0.1) is 0 Å². The summed E-state index contributed by atoms with van der Waals surface area (Å²) in [6, 6.07) is 0. The van der Waals surface area contributed by atoms with Crippen LogP contribution in [0.2, 0.25) is 0 Å². The maximum Gasteiger partial charge on any atom is 0.200 e. The summed E-state index contributed by atoms with van der Waals surface area (Å²) in [5, 5.41) is 0. The molecule has 2 aliphatic rings. The van der Waals surface area contributed by atoms with E-state index in [2.05, 4.69) is 86.6 Å². The molecule has 2 rings (SSSR count). The van der Waals surface area contributed by atoms with Crippen molar-refractivity contribution in [2.75, 3.05) is 0 Å². The Hall–Kier alpha value is 1.84. The SMILES string of the molecule is CCC1=C(Br)C(Br)=C(Br)C2(Br)OC12Br. The van der Waals surface area contributed by atoms with Gasteiger partial charge in [0.05, 0.1) is 4.48 Å². The fourth-order valence-corrected chi connectivity index (χ4v) is 6.22. The molecule has 1 fully saturated rings. The normalized spacial score (nSPS) is 41.6. The third-order valence-corrected chi connectivity index (χ3v) is 9.39. The van der Waals surface area contributed by atoms with Crippen LogP contribution < -0.4 is 0 Å². The molecule has 0 bridgehead atoms. The van der Waals surface area contributed by atoms with Crippen molar-refractivity contribution in [3.05, 3.63) is 19.0 Å². The second-order valence-corrected chi connectivity index (χ2v) is 7.68. The summed E-state index contributed by atoms with van der Waals surface area (Å²) in [5.74, 6) is 0. The van der Waals surface area contributed by atoms with Crippen LogP contribution in [-0.2, 0) is 4.74 Å². The first-order chi connectivity index (χ1) is 6.38. The van der Waals surface area contributed by atoms with Crippen LogP contribution in [-0.4, -0.2) is 9.02 Å². The van der Waals surface area contributed by atoms with E-state index in [4.69, 9.17) is 4.74 Å². The molecule has 78 valence electrons. The van der Waals surface area contributed by atoms with Crippen molar-refractivity contribution >= 4 is 79.6 Å². The highest BCUT2D eigenvalue weighted by Gasteiger charge is 2.73. The van der Waals surface area contributed by atoms with Crippen molar-refractivity contribution in [1.29, 1.82) is 0 Å². The predicted molar refractivity (Wildman–Crippen MR) is 75.5 cm³/mol. The zero-order valence-corrected chi connectivity index (χ0v) is 14.9. The lowest BCUT2D eigenvalue weighted by Gasteiger charge is -2.21. The van der Waals surface area contributed by atoms with Gasteiger partial charge in [-0.3, -0.25) is 0 Å². The predicted octanol–water partition coefficient (Wildman–Crippen LogP) is 5.27. The third-order valence-electron chi connectivity index (χ3n) is 2.33. The van der Waals surface area contributed by atoms with Gasteiger partial charge in [-0.1, -0.05) is 22.9 Å². The number of hydrogen-bond donors (Lipinski definition) is 0. The lowest BCUT2D eigenvalue weighted by molar-refractivity contribution is 0.383. The number of epoxide rings is 1. The van der Waals surface area contributed by atoms with Crippen LogP contribution in [0.3, 0.4) is 0 Å². The minimum Gasteiger partial charge on any atom is -0.328 e. The highest BCUT2D eigenvalue weighted by Crippen LogP contribution is 2.71. The molecular formula is C8H5Br5O. The number of ether oxygens (including phenoxy) is 1. The third kappa shape index (κ3) is 1.37. The van der Waals surface area contributed by atoms with Crippen molar-refractivity contribution in [3.63, 3.8) is 0 Å². The molecule has 0 radical (unpaired) electrons. The summed E-state index contributed by atoms with van der Waals surface area (Å²) in [7, 11) is 0. The van der Waals surface area contributed by atoms with Gasteiger partial charge in [0, 0.05) is 8.96 Å². The molecule has 0 aromatic rings. The Balaban J connectivity index is 2.61. The van der Waals surface area contributed by atoms with Gasteiger partial charge in [0.15, 0.2) is 4.51 Å². The fourth-order valence-electron chi connectivity index (χ4n) is 1.50. The van der Waals surface area contributed by atoms with E-state index >= 15 is 0 Å². The van der Waals surface area contributed by atoms with Gasteiger partial charge >= 0.3 is 0 Å². The van der Waals surface area contributed by atoms with E-state index in [0.717, 1.165) is 19.9 Å². The number of allylic oxidation sites excluding steroid dienone is 2. The molecule has 1 heterocycles. The van der Waals surface area contributed by atoms with E-state index in [1.165, 1.54) is 5.57 Å². The number of alkyl halides is 2. The highest BCUT2D eigenvalue weighted by atomic mass is 79.9. The minimum atomic E-state index is -0.443. The average Bonchev–Trinajstić information content (AvgIpc) is 2.69. The van der Waals surface area contributed by atoms with Crippen molar-refractivity contribution in [2.24, 2.45) is 0 Å². The van der Waals surface area contributed by atoms with Crippen molar-refractivity contribution in [2.45, 2.75) is 22.4 Å².